The zero-order valence-electron chi connectivity index (χ0n) is 21.9. The molecule has 3 amide bonds. The van der Waals surface area contributed by atoms with Gasteiger partial charge in [0.25, 0.3) is 5.91 Å². The number of esters is 2. The number of nitrogens with one attached hydrogen (secondary N) is 1. The molecule has 1 saturated carbocycles. The largest absolute Gasteiger partial charge is 0.399 e. The maximum absolute atomic E-state index is 13.5. The van der Waals surface area contributed by atoms with Gasteiger partial charge in [-0.1, -0.05) is 43.9 Å². The predicted octanol–water partition coefficient (Wildman–Crippen LogP) is 1.72. The summed E-state index contributed by atoms with van der Waals surface area (Å²) in [4.78, 5) is 67.1. The maximum atomic E-state index is 13.5. The molecule has 37 heavy (non-hydrogen) atoms. The van der Waals surface area contributed by atoms with E-state index in [1.807, 2.05) is 0 Å². The molecule has 3 rings (SSSR count). The van der Waals surface area contributed by atoms with Crippen LogP contribution in [0.25, 0.3) is 0 Å². The molecule has 1 atom stereocenters. The molecule has 1 N–H and O–H groups in total. The Balaban J connectivity index is 1.68. The van der Waals surface area contributed by atoms with Crippen molar-refractivity contribution in [3.63, 3.8) is 0 Å². The van der Waals surface area contributed by atoms with Crippen molar-refractivity contribution in [3.05, 3.63) is 12.2 Å². The van der Waals surface area contributed by atoms with Crippen LogP contribution in [-0.2, 0) is 28.7 Å². The Kier molecular flexibility index (Phi) is 10.4. The summed E-state index contributed by atoms with van der Waals surface area (Å²) in [7, 11) is 1.76. The van der Waals surface area contributed by atoms with Crippen molar-refractivity contribution in [1.29, 1.82) is 0 Å². The second-order valence-electron chi connectivity index (χ2n) is 9.91. The molecule has 0 aromatic heterocycles. The first kappa shape index (κ1) is 29.0. The fourth-order valence-corrected chi connectivity index (χ4v) is 5.54. The molecular weight excluding hydrogens is 500 g/mol. The highest BCUT2D eigenvalue weighted by Gasteiger charge is 2.52. The van der Waals surface area contributed by atoms with Crippen LogP contribution in [0.3, 0.4) is 0 Å². The van der Waals surface area contributed by atoms with E-state index < -0.39 is 35.8 Å². The number of carbonyl (C=O) groups is 5. The summed E-state index contributed by atoms with van der Waals surface area (Å²) in [5, 5.41) is 2.75. The number of thioether (sulfide) groups is 1. The van der Waals surface area contributed by atoms with Crippen LogP contribution >= 0.6 is 11.8 Å². The van der Waals surface area contributed by atoms with E-state index in [-0.39, 0.29) is 18.2 Å². The molecule has 2 fully saturated rings. The van der Waals surface area contributed by atoms with Crippen LogP contribution < -0.4 is 5.32 Å². The quantitative estimate of drug-likeness (QED) is 0.460. The van der Waals surface area contributed by atoms with Crippen molar-refractivity contribution >= 4 is 40.8 Å². The first-order chi connectivity index (χ1) is 17.6. The van der Waals surface area contributed by atoms with E-state index in [4.69, 9.17) is 9.47 Å². The minimum atomic E-state index is -1.92. The van der Waals surface area contributed by atoms with Gasteiger partial charge in [-0.05, 0) is 26.3 Å². The smallest absolute Gasteiger partial charge is 0.358 e. The highest BCUT2D eigenvalue weighted by Crippen LogP contribution is 2.28. The van der Waals surface area contributed by atoms with E-state index in [1.165, 1.54) is 31.1 Å². The molecule has 0 aromatic carbocycles. The maximum Gasteiger partial charge on any atom is 0.358 e. The first-order valence-corrected chi connectivity index (χ1v) is 13.9. The molecule has 12 heteroatoms. The van der Waals surface area contributed by atoms with Crippen LogP contribution in [0.2, 0.25) is 0 Å². The second-order valence-corrected chi connectivity index (χ2v) is 11.2. The fourth-order valence-electron chi connectivity index (χ4n) is 4.94. The molecular formula is C25H38N4O7S. The van der Waals surface area contributed by atoms with Gasteiger partial charge >= 0.3 is 23.9 Å². The topological polar surface area (TPSA) is 126 Å². The minimum Gasteiger partial charge on any atom is -0.399 e. The third-order valence-corrected chi connectivity index (χ3v) is 7.72. The lowest BCUT2D eigenvalue weighted by Gasteiger charge is -2.46. The Morgan fingerprint density at radius 1 is 1.11 bits per heavy atom. The van der Waals surface area contributed by atoms with Gasteiger partial charge in [-0.3, -0.25) is 19.4 Å². The van der Waals surface area contributed by atoms with Crippen LogP contribution in [0.5, 0.6) is 0 Å². The van der Waals surface area contributed by atoms with Crippen LogP contribution in [0, 0.1) is 5.92 Å². The Labute approximate surface area is 222 Å². The predicted molar refractivity (Wildman–Crippen MR) is 137 cm³/mol. The molecule has 206 valence electrons. The number of hydrogen-bond donors (Lipinski definition) is 1. The minimum absolute atomic E-state index is 0.0152. The standard InChI is InChI=1S/C25H38N4O7S/c1-18(23(33)29-14-13-27(3)17-25(29)35-21(31)9-10-22(32)36-25)26-24(34)28(15-16-37-19(2)30)12-11-20-7-5-4-6-8-20/h9-10,18,20H,4-8,11-17H2,1-3H3,(H,26,34)/t18-/m0/s1. The van der Waals surface area contributed by atoms with Crippen LogP contribution in [-0.4, -0.2) is 101 Å². The van der Waals surface area contributed by atoms with Gasteiger partial charge in [0, 0.05) is 51.0 Å². The second kappa shape index (κ2) is 13.3. The summed E-state index contributed by atoms with van der Waals surface area (Å²) >= 11 is 1.16. The fraction of sp³-hybridized carbons (Fsp3) is 0.720. The zero-order chi connectivity index (χ0) is 27.0. The summed E-state index contributed by atoms with van der Waals surface area (Å²) in [6, 6.07) is -1.38. The Hall–Kier alpha value is -2.60. The van der Waals surface area contributed by atoms with Crippen molar-refractivity contribution < 1.29 is 33.4 Å². The lowest BCUT2D eigenvalue weighted by Crippen LogP contribution is -2.68. The zero-order valence-corrected chi connectivity index (χ0v) is 22.7. The van der Waals surface area contributed by atoms with Gasteiger partial charge in [-0.2, -0.15) is 0 Å². The molecule has 0 aromatic rings. The van der Waals surface area contributed by atoms with Crippen molar-refractivity contribution in [2.24, 2.45) is 5.92 Å². The van der Waals surface area contributed by atoms with Crippen molar-refractivity contribution in [2.45, 2.75) is 64.3 Å². The van der Waals surface area contributed by atoms with Crippen LogP contribution in [0.1, 0.15) is 52.4 Å². The lowest BCUT2D eigenvalue weighted by atomic mass is 9.87. The van der Waals surface area contributed by atoms with Gasteiger partial charge in [0.1, 0.15) is 6.04 Å². The summed E-state index contributed by atoms with van der Waals surface area (Å²) in [5.74, 6) is -3.01. The number of ether oxygens (including phenoxy) is 2. The van der Waals surface area contributed by atoms with Gasteiger partial charge in [-0.25, -0.2) is 14.4 Å². The van der Waals surface area contributed by atoms with E-state index in [0.29, 0.717) is 31.3 Å². The van der Waals surface area contributed by atoms with Crippen molar-refractivity contribution in [3.8, 4) is 0 Å². The number of rotatable bonds is 8. The first-order valence-electron chi connectivity index (χ1n) is 12.9. The molecule has 1 saturated heterocycles. The molecule has 0 bridgehead atoms. The van der Waals surface area contributed by atoms with Gasteiger partial charge < -0.3 is 19.7 Å². The van der Waals surface area contributed by atoms with Gasteiger partial charge in [0.15, 0.2) is 5.12 Å². The molecule has 0 unspecified atom stereocenters. The lowest BCUT2D eigenvalue weighted by molar-refractivity contribution is -0.290. The molecule has 1 spiro atoms. The SMILES string of the molecule is CC(=O)SCCN(CCC1CCCCC1)C(=O)N[C@@H](C)C(=O)N1CCN(C)CC12OC(=O)C=CC(=O)O2. The van der Waals surface area contributed by atoms with Crippen molar-refractivity contribution in [1.82, 2.24) is 20.0 Å². The van der Waals surface area contributed by atoms with Crippen molar-refractivity contribution in [2.75, 3.05) is 45.5 Å². The molecule has 2 heterocycles. The summed E-state index contributed by atoms with van der Waals surface area (Å²) < 4.78 is 10.9. The van der Waals surface area contributed by atoms with E-state index in [1.54, 1.807) is 23.8 Å². The van der Waals surface area contributed by atoms with E-state index in [2.05, 4.69) is 5.32 Å². The van der Waals surface area contributed by atoms with Crippen LogP contribution in [0.4, 0.5) is 4.79 Å². The van der Waals surface area contributed by atoms with Gasteiger partial charge in [-0.15, -0.1) is 0 Å². The Bertz CT molecular complexity index is 885. The summed E-state index contributed by atoms with van der Waals surface area (Å²) in [5.41, 5.74) is 0. The normalized spacial score (nSPS) is 21.1. The Morgan fingerprint density at radius 3 is 2.38 bits per heavy atom. The number of nitrogens with zero attached hydrogens (tertiary/aromatic N) is 3. The third-order valence-electron chi connectivity index (χ3n) is 6.92. The number of piperazine rings is 1. The number of carbonyl (C=O) groups excluding carboxylic acids is 5. The number of likely N-dealkylation sites (N-methyl/N-ethyl adjacent to an activating group) is 1. The molecule has 11 nitrogen and oxygen atoms in total. The molecule has 1 aliphatic carbocycles. The summed E-state index contributed by atoms with van der Waals surface area (Å²) in [6.07, 6.45) is 8.78. The summed E-state index contributed by atoms with van der Waals surface area (Å²) in [6.45, 7) is 4.54. The number of hydrogen-bond acceptors (Lipinski definition) is 9. The van der Waals surface area contributed by atoms with E-state index in [0.717, 1.165) is 43.2 Å². The number of amides is 3. The van der Waals surface area contributed by atoms with Crippen LogP contribution in [0.15, 0.2) is 12.2 Å². The third kappa shape index (κ3) is 8.19. The average Bonchev–Trinajstić information content (AvgIpc) is 2.98. The Morgan fingerprint density at radius 2 is 1.76 bits per heavy atom. The average molecular weight is 539 g/mol. The number of urea groups is 1. The highest BCUT2D eigenvalue weighted by molar-refractivity contribution is 8.13. The highest BCUT2D eigenvalue weighted by atomic mass is 32.2. The van der Waals surface area contributed by atoms with Gasteiger partial charge in [0.05, 0.1) is 6.54 Å². The molecule has 0 radical (unpaired) electrons. The van der Waals surface area contributed by atoms with E-state index >= 15 is 0 Å². The molecule has 2 aliphatic heterocycles. The monoisotopic (exact) mass is 538 g/mol. The van der Waals surface area contributed by atoms with Gasteiger partial charge in [0.2, 0.25) is 0 Å². The van der Waals surface area contributed by atoms with E-state index in [9.17, 15) is 24.0 Å². The molecule has 3 aliphatic rings.